The predicted octanol–water partition coefficient (Wildman–Crippen LogP) is 2.02. The number of rotatable bonds is 7. The molecule has 0 saturated carbocycles. The third-order valence-electron chi connectivity index (χ3n) is 4.15. The molecule has 1 fully saturated rings. The van der Waals surface area contributed by atoms with E-state index in [0.29, 0.717) is 18.2 Å². The number of nitrogens with zero attached hydrogens (tertiary/aromatic N) is 2. The van der Waals surface area contributed by atoms with Gasteiger partial charge in [0.15, 0.2) is 0 Å². The summed E-state index contributed by atoms with van der Waals surface area (Å²) in [5, 5.41) is 7.04. The Bertz CT molecular complexity index is 383. The van der Waals surface area contributed by atoms with Gasteiger partial charge in [-0.3, -0.25) is 9.89 Å². The summed E-state index contributed by atoms with van der Waals surface area (Å²) in [5.74, 6) is 0.854. The topological polar surface area (TPSA) is 75.0 Å². The molecule has 112 valence electrons. The minimum Gasteiger partial charge on any atom is -0.343 e. The van der Waals surface area contributed by atoms with Crippen molar-refractivity contribution >= 4 is 5.91 Å². The number of carbonyl (C=O) groups excluding carboxylic acids is 1. The lowest BCUT2D eigenvalue weighted by molar-refractivity contribution is -0.132. The molecule has 2 heterocycles. The van der Waals surface area contributed by atoms with Gasteiger partial charge >= 0.3 is 0 Å². The maximum absolute atomic E-state index is 12.1. The van der Waals surface area contributed by atoms with E-state index < -0.39 is 0 Å². The molecule has 0 unspecified atom stereocenters. The van der Waals surface area contributed by atoms with Crippen molar-refractivity contribution in [1.29, 1.82) is 0 Å². The minimum absolute atomic E-state index is 0.320. The van der Waals surface area contributed by atoms with Crippen LogP contribution in [0.25, 0.3) is 0 Å². The van der Waals surface area contributed by atoms with Gasteiger partial charge in [0.05, 0.1) is 0 Å². The zero-order valence-electron chi connectivity index (χ0n) is 12.2. The number of hydrogen-bond donors (Lipinski definition) is 2. The lowest BCUT2D eigenvalue weighted by atomic mass is 9.93. The lowest BCUT2D eigenvalue weighted by Gasteiger charge is -2.31. The highest BCUT2D eigenvalue weighted by Gasteiger charge is 2.23. The summed E-state index contributed by atoms with van der Waals surface area (Å²) in [7, 11) is 0. The van der Waals surface area contributed by atoms with Crippen molar-refractivity contribution in [2.24, 2.45) is 5.73 Å². The number of nitrogens with two attached hydrogens (primary N) is 1. The van der Waals surface area contributed by atoms with Crippen LogP contribution in [0.3, 0.4) is 0 Å². The smallest absolute Gasteiger partial charge is 0.222 e. The number of aromatic amines is 1. The molecule has 1 aromatic rings. The van der Waals surface area contributed by atoms with Gasteiger partial charge in [0.1, 0.15) is 0 Å². The van der Waals surface area contributed by atoms with Gasteiger partial charge in [-0.05, 0) is 38.3 Å². The summed E-state index contributed by atoms with van der Waals surface area (Å²) >= 11 is 0. The van der Waals surface area contributed by atoms with Crippen LogP contribution >= 0.6 is 0 Å². The van der Waals surface area contributed by atoms with Crippen LogP contribution in [0.5, 0.6) is 0 Å². The zero-order chi connectivity index (χ0) is 14.2. The number of hydrogen-bond acceptors (Lipinski definition) is 3. The molecule has 5 nitrogen and oxygen atoms in total. The molecule has 0 radical (unpaired) electrons. The van der Waals surface area contributed by atoms with Gasteiger partial charge in [0, 0.05) is 37.3 Å². The van der Waals surface area contributed by atoms with E-state index in [1.165, 1.54) is 5.69 Å². The lowest BCUT2D eigenvalue weighted by Crippen LogP contribution is -2.37. The Kier molecular flexibility index (Phi) is 6.05. The van der Waals surface area contributed by atoms with E-state index >= 15 is 0 Å². The van der Waals surface area contributed by atoms with E-state index in [9.17, 15) is 4.79 Å². The number of aromatic nitrogens is 2. The van der Waals surface area contributed by atoms with E-state index in [4.69, 9.17) is 5.73 Å². The van der Waals surface area contributed by atoms with Crippen molar-refractivity contribution in [3.8, 4) is 0 Å². The van der Waals surface area contributed by atoms with Gasteiger partial charge in [-0.1, -0.05) is 12.8 Å². The molecular weight excluding hydrogens is 252 g/mol. The largest absolute Gasteiger partial charge is 0.343 e. The van der Waals surface area contributed by atoms with Crippen LogP contribution in [0.1, 0.15) is 56.6 Å². The van der Waals surface area contributed by atoms with Crippen molar-refractivity contribution < 1.29 is 4.79 Å². The van der Waals surface area contributed by atoms with Crippen molar-refractivity contribution in [2.45, 2.75) is 50.9 Å². The van der Waals surface area contributed by atoms with Crippen LogP contribution < -0.4 is 5.73 Å². The maximum atomic E-state index is 12.1. The maximum Gasteiger partial charge on any atom is 0.222 e. The molecule has 1 amide bonds. The van der Waals surface area contributed by atoms with Gasteiger partial charge in [0.2, 0.25) is 5.91 Å². The Morgan fingerprint density at radius 1 is 1.30 bits per heavy atom. The number of unbranched alkanes of at least 4 members (excludes halogenated alkanes) is 3. The molecular formula is C15H26N4O. The standard InChI is InChI=1S/C15H26N4O/c16-9-4-2-1-3-5-15(20)19-11-7-13(8-12-19)14-6-10-17-18-14/h6,10,13H,1-5,7-9,11-12,16H2,(H,17,18). The van der Waals surface area contributed by atoms with Crippen molar-refractivity contribution in [2.75, 3.05) is 19.6 Å². The average Bonchev–Trinajstić information content (AvgIpc) is 3.01. The molecule has 20 heavy (non-hydrogen) atoms. The van der Waals surface area contributed by atoms with E-state index in [2.05, 4.69) is 10.2 Å². The summed E-state index contributed by atoms with van der Waals surface area (Å²) in [6, 6.07) is 2.04. The minimum atomic E-state index is 0.320. The summed E-state index contributed by atoms with van der Waals surface area (Å²) in [6.07, 6.45) is 8.91. The Balaban J connectivity index is 1.64. The molecule has 2 rings (SSSR count). The van der Waals surface area contributed by atoms with Crippen molar-refractivity contribution in [3.05, 3.63) is 18.0 Å². The van der Waals surface area contributed by atoms with E-state index in [0.717, 1.165) is 58.2 Å². The van der Waals surface area contributed by atoms with Crippen molar-refractivity contribution in [1.82, 2.24) is 15.1 Å². The fraction of sp³-hybridized carbons (Fsp3) is 0.733. The Labute approximate surface area is 120 Å². The highest BCUT2D eigenvalue weighted by molar-refractivity contribution is 5.76. The first kappa shape index (κ1) is 15.0. The average molecular weight is 278 g/mol. The molecule has 1 aliphatic rings. The Hall–Kier alpha value is -1.36. The first-order chi connectivity index (χ1) is 9.81. The van der Waals surface area contributed by atoms with Crippen LogP contribution in [0.15, 0.2) is 12.3 Å². The molecule has 0 bridgehead atoms. The van der Waals surface area contributed by atoms with E-state index in [1.54, 1.807) is 6.20 Å². The third-order valence-corrected chi connectivity index (χ3v) is 4.15. The SMILES string of the molecule is NCCCCCCC(=O)N1CCC(c2ccn[nH]2)CC1. The number of carbonyl (C=O) groups is 1. The van der Waals surface area contributed by atoms with Gasteiger partial charge in [-0.15, -0.1) is 0 Å². The summed E-state index contributed by atoms with van der Waals surface area (Å²) in [4.78, 5) is 14.1. The van der Waals surface area contributed by atoms with E-state index in [-0.39, 0.29) is 0 Å². The second-order valence-corrected chi connectivity index (χ2v) is 5.62. The number of piperidine rings is 1. The number of nitrogens with one attached hydrogen (secondary N) is 1. The normalized spacial score (nSPS) is 16.6. The second-order valence-electron chi connectivity index (χ2n) is 5.62. The summed E-state index contributed by atoms with van der Waals surface area (Å²) < 4.78 is 0. The van der Waals surface area contributed by atoms with Gasteiger partial charge in [-0.2, -0.15) is 5.10 Å². The third kappa shape index (κ3) is 4.34. The van der Waals surface area contributed by atoms with Gasteiger partial charge < -0.3 is 10.6 Å². The quantitative estimate of drug-likeness (QED) is 0.749. The Morgan fingerprint density at radius 3 is 2.70 bits per heavy atom. The van der Waals surface area contributed by atoms with E-state index in [1.807, 2.05) is 11.0 Å². The van der Waals surface area contributed by atoms with Gasteiger partial charge in [-0.25, -0.2) is 0 Å². The second kappa shape index (κ2) is 8.04. The molecule has 0 aliphatic carbocycles. The van der Waals surface area contributed by atoms with Crippen LogP contribution in [-0.4, -0.2) is 40.6 Å². The molecule has 3 N–H and O–H groups in total. The number of amides is 1. The molecule has 1 aliphatic heterocycles. The zero-order valence-corrected chi connectivity index (χ0v) is 12.2. The van der Waals surface area contributed by atoms with Crippen molar-refractivity contribution in [3.63, 3.8) is 0 Å². The summed E-state index contributed by atoms with van der Waals surface area (Å²) in [6.45, 7) is 2.52. The fourth-order valence-corrected chi connectivity index (χ4v) is 2.87. The number of likely N-dealkylation sites (tertiary alicyclic amines) is 1. The van der Waals surface area contributed by atoms with Crippen LogP contribution in [-0.2, 0) is 4.79 Å². The molecule has 0 spiro atoms. The first-order valence-electron chi connectivity index (χ1n) is 7.78. The Morgan fingerprint density at radius 2 is 2.05 bits per heavy atom. The first-order valence-corrected chi connectivity index (χ1v) is 7.78. The van der Waals surface area contributed by atoms with Crippen LogP contribution in [0, 0.1) is 0 Å². The van der Waals surface area contributed by atoms with Crippen LogP contribution in [0.2, 0.25) is 0 Å². The molecule has 1 saturated heterocycles. The fourth-order valence-electron chi connectivity index (χ4n) is 2.87. The van der Waals surface area contributed by atoms with Gasteiger partial charge in [0.25, 0.3) is 0 Å². The van der Waals surface area contributed by atoms with Crippen LogP contribution in [0.4, 0.5) is 0 Å². The molecule has 5 heteroatoms. The summed E-state index contributed by atoms with van der Waals surface area (Å²) in [5.41, 5.74) is 6.67. The molecule has 0 atom stereocenters. The molecule has 0 aromatic carbocycles. The highest BCUT2D eigenvalue weighted by atomic mass is 16.2. The highest BCUT2D eigenvalue weighted by Crippen LogP contribution is 2.26. The molecule has 1 aromatic heterocycles. The monoisotopic (exact) mass is 278 g/mol. The number of H-pyrrole nitrogens is 1. The predicted molar refractivity (Wildman–Crippen MR) is 79.3 cm³/mol.